The Hall–Kier alpha value is -2.17. The van der Waals surface area contributed by atoms with Gasteiger partial charge in [-0.3, -0.25) is 0 Å². The summed E-state index contributed by atoms with van der Waals surface area (Å²) in [7, 11) is 0. The average molecular weight is 394 g/mol. The molecule has 9 nitrogen and oxygen atoms in total. The number of quaternary nitrogens is 2. The molecule has 0 aliphatic carbocycles. The Balaban J connectivity index is 3.14. The first-order valence-electron chi connectivity index (χ1n) is 6.43. The number of hydrogen-bond donors (Lipinski definition) is 6. The van der Waals surface area contributed by atoms with E-state index >= 15 is 0 Å². The van der Waals surface area contributed by atoms with E-state index in [9.17, 15) is 41.6 Å². The Morgan fingerprint density at radius 3 is 1.92 bits per heavy atom. The second-order valence-corrected chi connectivity index (χ2v) is 5.07. The van der Waals surface area contributed by atoms with Crippen molar-refractivity contribution >= 4 is 23.1 Å². The fraction of sp³-hybridized carbons (Fsp3) is 0.364. The summed E-state index contributed by atoms with van der Waals surface area (Å²) in [5, 5.41) is 38.5. The normalized spacial score (nSPS) is 15.3. The van der Waals surface area contributed by atoms with Gasteiger partial charge in [0.25, 0.3) is 0 Å². The number of carbonyl (C=O) groups excluding carboxylic acids is 1. The molecule has 6 N–H and O–H groups in total. The number of hydrogen-bond acceptors (Lipinski definition) is 5. The van der Waals surface area contributed by atoms with Gasteiger partial charge in [-0.25, -0.2) is 15.2 Å². The van der Waals surface area contributed by atoms with E-state index in [1.807, 2.05) is 0 Å². The third-order valence-corrected chi connectivity index (χ3v) is 3.24. The molecular formula is C11H12F6N4O5. The summed E-state index contributed by atoms with van der Waals surface area (Å²) in [6, 6.07) is 0.0995. The lowest BCUT2D eigenvalue weighted by atomic mass is 10.0. The molecular weight excluding hydrogens is 382 g/mol. The van der Waals surface area contributed by atoms with E-state index in [0.717, 1.165) is 6.07 Å². The summed E-state index contributed by atoms with van der Waals surface area (Å²) >= 11 is 0. The lowest BCUT2D eigenvalue weighted by Gasteiger charge is -2.34. The molecule has 0 aliphatic rings. The van der Waals surface area contributed by atoms with Gasteiger partial charge in [-0.2, -0.15) is 36.8 Å². The number of halogens is 6. The fourth-order valence-electron chi connectivity index (χ4n) is 1.65. The van der Waals surface area contributed by atoms with Crippen molar-refractivity contribution in [1.29, 1.82) is 0 Å². The molecule has 0 fully saturated rings. The molecule has 0 aliphatic heterocycles. The van der Waals surface area contributed by atoms with E-state index in [2.05, 4.69) is 0 Å². The molecule has 1 rings (SSSR count). The van der Waals surface area contributed by atoms with Crippen LogP contribution in [-0.4, -0.2) is 34.3 Å². The first kappa shape index (κ1) is 21.9. The van der Waals surface area contributed by atoms with E-state index < -0.39 is 51.4 Å². The third-order valence-electron chi connectivity index (χ3n) is 3.24. The van der Waals surface area contributed by atoms with Gasteiger partial charge < -0.3 is 21.0 Å². The smallest absolute Gasteiger partial charge is 0.420 e. The molecule has 0 saturated carbocycles. The highest BCUT2D eigenvalue weighted by atomic mass is 19.4. The molecule has 148 valence electrons. The maximum atomic E-state index is 12.7. The second-order valence-electron chi connectivity index (χ2n) is 5.07. The average Bonchev–Trinajstić information content (AvgIpc) is 2.44. The van der Waals surface area contributed by atoms with Crippen LogP contribution < -0.4 is 21.1 Å². The maximum Gasteiger partial charge on any atom is 0.420 e. The van der Waals surface area contributed by atoms with Crippen molar-refractivity contribution in [2.45, 2.75) is 24.8 Å². The molecule has 0 bridgehead atoms. The first-order valence-corrected chi connectivity index (χ1v) is 6.43. The molecule has 0 radical (unpaired) electrons. The van der Waals surface area contributed by atoms with Crippen LogP contribution in [0.25, 0.3) is 0 Å². The first-order chi connectivity index (χ1) is 11.6. The molecule has 1 aromatic rings. The lowest BCUT2D eigenvalue weighted by molar-refractivity contribution is -0.996. The van der Waals surface area contributed by atoms with Crippen LogP contribution in [0.4, 0.5) is 48.2 Å². The van der Waals surface area contributed by atoms with Gasteiger partial charge >= 0.3 is 18.4 Å². The number of nitrogens with one attached hydrogen (secondary N) is 4. The van der Waals surface area contributed by atoms with Gasteiger partial charge in [-0.05, 0) is 13.0 Å². The van der Waals surface area contributed by atoms with Crippen LogP contribution in [0.15, 0.2) is 18.2 Å². The Morgan fingerprint density at radius 1 is 1.04 bits per heavy atom. The predicted molar refractivity (Wildman–Crippen MR) is 70.7 cm³/mol. The van der Waals surface area contributed by atoms with Crippen LogP contribution in [0.3, 0.4) is 0 Å². The van der Waals surface area contributed by atoms with Crippen molar-refractivity contribution in [1.82, 2.24) is 5.32 Å². The number of urea groups is 1. The van der Waals surface area contributed by atoms with Crippen molar-refractivity contribution in [2.75, 3.05) is 5.32 Å². The number of carbonyl (C=O) groups is 1. The van der Waals surface area contributed by atoms with Crippen LogP contribution in [0.1, 0.15) is 6.92 Å². The molecule has 2 atom stereocenters. The van der Waals surface area contributed by atoms with Crippen LogP contribution >= 0.6 is 0 Å². The molecule has 2 unspecified atom stereocenters. The topological polar surface area (TPSA) is 137 Å². The summed E-state index contributed by atoms with van der Waals surface area (Å²) < 4.78 is 76.4. The highest BCUT2D eigenvalue weighted by molar-refractivity contribution is 5.92. The minimum Gasteiger partial charge on any atom is -0.595 e. The number of anilines is 1. The number of amides is 2. The molecule has 2 amide bonds. The molecule has 15 heteroatoms. The molecule has 0 heterocycles. The van der Waals surface area contributed by atoms with Gasteiger partial charge in [0.1, 0.15) is 5.69 Å². The molecule has 0 spiro atoms. The van der Waals surface area contributed by atoms with Gasteiger partial charge in [-0.1, -0.05) is 0 Å². The van der Waals surface area contributed by atoms with E-state index in [0.29, 0.717) is 17.4 Å². The van der Waals surface area contributed by atoms with Gasteiger partial charge in [0, 0.05) is 6.07 Å². The molecule has 26 heavy (non-hydrogen) atoms. The summed E-state index contributed by atoms with van der Waals surface area (Å²) in [5.74, 6) is 0. The largest absolute Gasteiger partial charge is 0.595 e. The summed E-state index contributed by atoms with van der Waals surface area (Å²) in [5.41, 5.74) is -6.68. The second kappa shape index (κ2) is 7.22. The zero-order valence-corrected chi connectivity index (χ0v) is 12.6. The molecule has 0 aromatic heterocycles. The SMILES string of the molecule is CC(NC(=O)Nc1ccc([NH+]([O-])O)cc1[NH+]([O-])O)(C(F)(F)F)C(F)(F)F. The van der Waals surface area contributed by atoms with Gasteiger partial charge in [-0.15, -0.1) is 0 Å². The van der Waals surface area contributed by atoms with Crippen LogP contribution in [0.2, 0.25) is 0 Å². The van der Waals surface area contributed by atoms with Crippen molar-refractivity contribution in [3.05, 3.63) is 28.6 Å². The quantitative estimate of drug-likeness (QED) is 0.326. The van der Waals surface area contributed by atoms with Gasteiger partial charge in [0.2, 0.25) is 5.54 Å². The zero-order valence-electron chi connectivity index (χ0n) is 12.6. The summed E-state index contributed by atoms with van der Waals surface area (Å²) in [4.78, 5) is 11.6. The lowest BCUT2D eigenvalue weighted by Crippen LogP contribution is -3.00. The van der Waals surface area contributed by atoms with E-state index in [4.69, 9.17) is 10.4 Å². The van der Waals surface area contributed by atoms with Crippen molar-refractivity contribution < 1.29 is 52.0 Å². The summed E-state index contributed by atoms with van der Waals surface area (Å²) in [6.45, 7) is -0.307. The van der Waals surface area contributed by atoms with Crippen LogP contribution in [0, 0.1) is 10.4 Å². The molecule has 1 aromatic carbocycles. The Kier molecular flexibility index (Phi) is 6.07. The Morgan fingerprint density at radius 2 is 1.54 bits per heavy atom. The standard InChI is InChI=1S/C11H12F6N4O5/c1-9(10(12,13)14,11(15,16)17)19-8(22)18-6-3-2-5(20(23)24)4-7(6)21(25)26/h2-4,20-21,23,25H,1H3,(H2,18,19,22). The predicted octanol–water partition coefficient (Wildman–Crippen LogP) is 0.498. The Bertz CT molecular complexity index is 649. The fourth-order valence-corrected chi connectivity index (χ4v) is 1.65. The molecule has 0 saturated heterocycles. The van der Waals surface area contributed by atoms with Crippen molar-refractivity contribution in [2.24, 2.45) is 0 Å². The van der Waals surface area contributed by atoms with E-state index in [-0.39, 0.29) is 6.92 Å². The maximum absolute atomic E-state index is 12.7. The Labute approximate surface area is 140 Å². The minimum absolute atomic E-state index is 0.307. The van der Waals surface area contributed by atoms with Crippen molar-refractivity contribution in [3.8, 4) is 0 Å². The third kappa shape index (κ3) is 4.51. The van der Waals surface area contributed by atoms with Gasteiger partial charge in [0.05, 0.1) is 6.07 Å². The highest BCUT2D eigenvalue weighted by Crippen LogP contribution is 2.42. The van der Waals surface area contributed by atoms with E-state index in [1.54, 1.807) is 0 Å². The monoisotopic (exact) mass is 394 g/mol. The number of alkyl halides is 6. The minimum atomic E-state index is -5.90. The van der Waals surface area contributed by atoms with Crippen LogP contribution in [-0.2, 0) is 0 Å². The van der Waals surface area contributed by atoms with Gasteiger partial charge in [0.15, 0.2) is 11.4 Å². The van der Waals surface area contributed by atoms with E-state index in [1.165, 1.54) is 5.32 Å². The number of benzene rings is 1. The van der Waals surface area contributed by atoms with Crippen molar-refractivity contribution in [3.63, 3.8) is 0 Å². The highest BCUT2D eigenvalue weighted by Gasteiger charge is 2.68. The zero-order chi connectivity index (χ0) is 20.5. The number of rotatable bonds is 4. The van der Waals surface area contributed by atoms with Crippen LogP contribution in [0.5, 0.6) is 0 Å². The summed E-state index contributed by atoms with van der Waals surface area (Å²) in [6.07, 6.45) is -11.8.